The Bertz CT molecular complexity index is 559. The third-order valence-corrected chi connectivity index (χ3v) is 6.08. The summed E-state index contributed by atoms with van der Waals surface area (Å²) in [5.74, 6) is -0.0355. The van der Waals surface area contributed by atoms with Gasteiger partial charge >= 0.3 is 5.97 Å². The molecule has 1 saturated carbocycles. The summed E-state index contributed by atoms with van der Waals surface area (Å²) in [6, 6.07) is 11.2. The van der Waals surface area contributed by atoms with E-state index in [1.54, 1.807) is 0 Å². The number of benzene rings is 1. The van der Waals surface area contributed by atoms with Gasteiger partial charge in [-0.2, -0.15) is 0 Å². The van der Waals surface area contributed by atoms with Crippen molar-refractivity contribution in [1.29, 1.82) is 0 Å². The summed E-state index contributed by atoms with van der Waals surface area (Å²) in [4.78, 5) is 15.6. The van der Waals surface area contributed by atoms with Crippen LogP contribution in [-0.4, -0.2) is 36.1 Å². The van der Waals surface area contributed by atoms with Gasteiger partial charge < -0.3 is 4.74 Å². The van der Waals surface area contributed by atoms with Crippen molar-refractivity contribution < 1.29 is 9.53 Å². The molecular formula is C23H37NO2. The summed E-state index contributed by atoms with van der Waals surface area (Å²) in [5, 5.41) is 0. The van der Waals surface area contributed by atoms with Crippen molar-refractivity contribution in [3.8, 4) is 0 Å². The van der Waals surface area contributed by atoms with Gasteiger partial charge in [-0.3, -0.25) is 9.69 Å². The van der Waals surface area contributed by atoms with Crippen LogP contribution in [0, 0.1) is 5.41 Å². The highest BCUT2D eigenvalue weighted by Gasteiger charge is 2.46. The predicted octanol–water partition coefficient (Wildman–Crippen LogP) is 5.19. The Morgan fingerprint density at radius 2 is 1.54 bits per heavy atom. The molecule has 0 unspecified atom stereocenters. The summed E-state index contributed by atoms with van der Waals surface area (Å²) in [6.07, 6.45) is 3.87. The molecule has 0 bridgehead atoms. The van der Waals surface area contributed by atoms with Crippen LogP contribution in [0.5, 0.6) is 0 Å². The first-order valence-corrected chi connectivity index (χ1v) is 10.2. The molecule has 0 N–H and O–H groups in total. The van der Waals surface area contributed by atoms with E-state index in [1.165, 1.54) is 0 Å². The van der Waals surface area contributed by atoms with Crippen LogP contribution in [0.3, 0.4) is 0 Å². The Balaban J connectivity index is 2.10. The molecule has 2 rings (SSSR count). The van der Waals surface area contributed by atoms with E-state index in [9.17, 15) is 4.79 Å². The molecule has 0 heterocycles. The van der Waals surface area contributed by atoms with Gasteiger partial charge in [-0.1, -0.05) is 44.2 Å². The number of carbonyl (C=O) groups is 1. The first kappa shape index (κ1) is 21.0. The molecule has 0 amide bonds. The topological polar surface area (TPSA) is 29.5 Å². The quantitative estimate of drug-likeness (QED) is 0.628. The molecule has 0 saturated heterocycles. The molecule has 0 aliphatic heterocycles. The number of nitrogens with zero attached hydrogens (tertiary/aromatic N) is 1. The smallest absolute Gasteiger partial charge is 0.316 e. The van der Waals surface area contributed by atoms with Crippen LogP contribution in [0.4, 0.5) is 0 Å². The molecule has 1 aliphatic carbocycles. The largest absolute Gasteiger partial charge is 0.464 e. The van der Waals surface area contributed by atoms with E-state index in [-0.39, 0.29) is 5.97 Å². The van der Waals surface area contributed by atoms with Crippen LogP contribution in [0.2, 0.25) is 0 Å². The van der Waals surface area contributed by atoms with Crippen LogP contribution in [-0.2, 0) is 14.9 Å². The molecule has 1 aromatic rings. The van der Waals surface area contributed by atoms with E-state index in [4.69, 9.17) is 4.74 Å². The zero-order valence-corrected chi connectivity index (χ0v) is 17.5. The number of hydrogen-bond acceptors (Lipinski definition) is 3. The molecule has 0 atom stereocenters. The van der Waals surface area contributed by atoms with Crippen molar-refractivity contribution in [1.82, 2.24) is 4.90 Å². The van der Waals surface area contributed by atoms with E-state index >= 15 is 0 Å². The Labute approximate surface area is 160 Å². The molecule has 0 radical (unpaired) electrons. The summed E-state index contributed by atoms with van der Waals surface area (Å²) < 4.78 is 5.86. The predicted molar refractivity (Wildman–Crippen MR) is 108 cm³/mol. The molecule has 3 nitrogen and oxygen atoms in total. The van der Waals surface area contributed by atoms with Crippen molar-refractivity contribution in [3.63, 3.8) is 0 Å². The summed E-state index contributed by atoms with van der Waals surface area (Å²) in [5.41, 5.74) is 0.951. The van der Waals surface area contributed by atoms with Gasteiger partial charge in [-0.15, -0.1) is 0 Å². The lowest BCUT2D eigenvalue weighted by molar-refractivity contribution is -0.154. The summed E-state index contributed by atoms with van der Waals surface area (Å²) in [6.45, 7) is 14.6. The molecule has 0 aromatic heterocycles. The number of carbonyl (C=O) groups excluding carboxylic acids is 1. The van der Waals surface area contributed by atoms with E-state index in [1.807, 2.05) is 18.2 Å². The Morgan fingerprint density at radius 1 is 1.00 bits per heavy atom. The highest BCUT2D eigenvalue weighted by atomic mass is 16.5. The molecule has 1 aromatic carbocycles. The third-order valence-electron chi connectivity index (χ3n) is 6.08. The normalized spacial score (nSPS) is 19.1. The average molecular weight is 360 g/mol. The van der Waals surface area contributed by atoms with Crippen LogP contribution in [0.1, 0.15) is 72.8 Å². The van der Waals surface area contributed by atoms with Gasteiger partial charge in [0.25, 0.3) is 0 Å². The van der Waals surface area contributed by atoms with Crippen LogP contribution in [0.25, 0.3) is 0 Å². The fourth-order valence-corrected chi connectivity index (χ4v) is 4.22. The van der Waals surface area contributed by atoms with Crippen molar-refractivity contribution in [2.75, 3.05) is 13.2 Å². The second-order valence-electron chi connectivity index (χ2n) is 9.17. The van der Waals surface area contributed by atoms with Crippen LogP contribution in [0.15, 0.2) is 30.3 Å². The lowest BCUT2D eigenvalue weighted by Gasteiger charge is -2.42. The summed E-state index contributed by atoms with van der Waals surface area (Å²) >= 11 is 0. The highest BCUT2D eigenvalue weighted by molar-refractivity contribution is 5.83. The second kappa shape index (κ2) is 8.56. The zero-order chi connectivity index (χ0) is 19.4. The standard InChI is InChI=1S/C23H37NO2/c1-18(2)24(19(3)4)16-17-26-21(25)23(20-10-8-7-9-11-20)14-12-22(5,6)13-15-23/h7-11,18-19H,12-17H2,1-6H3. The van der Waals surface area contributed by atoms with Crippen LogP contribution >= 0.6 is 0 Å². The number of esters is 1. The van der Waals surface area contributed by atoms with Gasteiger partial charge in [0.1, 0.15) is 6.61 Å². The van der Waals surface area contributed by atoms with E-state index in [0.717, 1.165) is 37.8 Å². The fraction of sp³-hybridized carbons (Fsp3) is 0.696. The molecule has 1 aliphatic rings. The Kier molecular flexibility index (Phi) is 6.90. The maximum atomic E-state index is 13.2. The minimum atomic E-state index is -0.475. The number of hydrogen-bond donors (Lipinski definition) is 0. The minimum absolute atomic E-state index is 0.0355. The number of ether oxygens (including phenoxy) is 1. The SMILES string of the molecule is CC(C)N(CCOC(=O)C1(c2ccccc2)CCC(C)(C)CC1)C(C)C. The maximum absolute atomic E-state index is 13.2. The van der Waals surface area contributed by atoms with E-state index < -0.39 is 5.41 Å². The monoisotopic (exact) mass is 359 g/mol. The van der Waals surface area contributed by atoms with Crippen molar-refractivity contribution >= 4 is 5.97 Å². The van der Waals surface area contributed by atoms with E-state index in [2.05, 4.69) is 58.6 Å². The molecule has 146 valence electrons. The molecule has 1 fully saturated rings. The molecule has 0 spiro atoms. The van der Waals surface area contributed by atoms with Gasteiger partial charge in [0.15, 0.2) is 0 Å². The van der Waals surface area contributed by atoms with Crippen molar-refractivity contribution in [2.45, 2.75) is 84.7 Å². The lowest BCUT2D eigenvalue weighted by atomic mass is 9.62. The average Bonchev–Trinajstić information content (AvgIpc) is 2.59. The molecular weight excluding hydrogens is 322 g/mol. The zero-order valence-electron chi connectivity index (χ0n) is 17.5. The van der Waals surface area contributed by atoms with Gasteiger partial charge in [-0.05, 0) is 64.4 Å². The van der Waals surface area contributed by atoms with E-state index in [0.29, 0.717) is 24.1 Å². The van der Waals surface area contributed by atoms with Gasteiger partial charge in [0.2, 0.25) is 0 Å². The summed E-state index contributed by atoms with van der Waals surface area (Å²) in [7, 11) is 0. The van der Waals surface area contributed by atoms with Gasteiger partial charge in [0, 0.05) is 18.6 Å². The third kappa shape index (κ3) is 4.88. The number of rotatable bonds is 7. The molecule has 3 heteroatoms. The first-order valence-electron chi connectivity index (χ1n) is 10.2. The highest BCUT2D eigenvalue weighted by Crippen LogP contribution is 2.47. The molecule has 26 heavy (non-hydrogen) atoms. The first-order chi connectivity index (χ1) is 12.2. The van der Waals surface area contributed by atoms with Gasteiger partial charge in [-0.25, -0.2) is 0 Å². The Morgan fingerprint density at radius 3 is 2.04 bits per heavy atom. The second-order valence-corrected chi connectivity index (χ2v) is 9.17. The van der Waals surface area contributed by atoms with Crippen molar-refractivity contribution in [3.05, 3.63) is 35.9 Å². The van der Waals surface area contributed by atoms with Crippen molar-refractivity contribution in [2.24, 2.45) is 5.41 Å². The fourth-order valence-electron chi connectivity index (χ4n) is 4.22. The lowest BCUT2D eigenvalue weighted by Crippen LogP contribution is -2.44. The minimum Gasteiger partial charge on any atom is -0.464 e. The van der Waals surface area contributed by atoms with Gasteiger partial charge in [0.05, 0.1) is 5.41 Å². The Hall–Kier alpha value is -1.35. The van der Waals surface area contributed by atoms with Crippen LogP contribution < -0.4 is 0 Å². The maximum Gasteiger partial charge on any atom is 0.316 e.